The van der Waals surface area contributed by atoms with Gasteiger partial charge in [0.05, 0.1) is 28.3 Å². The van der Waals surface area contributed by atoms with Gasteiger partial charge in [-0.25, -0.2) is 19.6 Å². The third-order valence-corrected chi connectivity index (χ3v) is 10.6. The Balaban J connectivity index is 0.000000214. The molecule has 2 aromatic heterocycles. The second-order valence-corrected chi connectivity index (χ2v) is 17.3. The molecule has 2 fully saturated rings. The number of ether oxygens (including phenoxy) is 3. The lowest BCUT2D eigenvalue weighted by Crippen LogP contribution is -2.49. The van der Waals surface area contributed by atoms with Crippen LogP contribution in [0.3, 0.4) is 0 Å². The topological polar surface area (TPSA) is 128 Å². The number of hydrogen-bond acceptors (Lipinski definition) is 11. The minimum absolute atomic E-state index is 0.149. The van der Waals surface area contributed by atoms with Crippen molar-refractivity contribution in [3.8, 4) is 0 Å². The minimum atomic E-state index is -0.675. The van der Waals surface area contributed by atoms with E-state index in [2.05, 4.69) is 9.97 Å². The van der Waals surface area contributed by atoms with Gasteiger partial charge in [-0.3, -0.25) is 9.59 Å². The molecule has 0 N–H and O–H groups in total. The molecule has 5 rings (SSSR count). The third kappa shape index (κ3) is 9.36. The zero-order valence-electron chi connectivity index (χ0n) is 28.1. The van der Waals surface area contributed by atoms with E-state index in [-0.39, 0.29) is 23.9 Å². The van der Waals surface area contributed by atoms with Crippen LogP contribution in [0.25, 0.3) is 0 Å². The summed E-state index contributed by atoms with van der Waals surface area (Å²) in [4.78, 5) is 62.2. The molecular weight excluding hydrogens is 687 g/mol. The van der Waals surface area contributed by atoms with Crippen LogP contribution in [0.4, 0.5) is 9.59 Å². The van der Waals surface area contributed by atoms with Gasteiger partial charge in [-0.2, -0.15) is 0 Å². The molecule has 0 unspecified atom stereocenters. The van der Waals surface area contributed by atoms with Crippen LogP contribution in [0.2, 0.25) is 8.93 Å². The predicted molar refractivity (Wildman–Crippen MR) is 182 cm³/mol. The Morgan fingerprint density at radius 3 is 1.85 bits per heavy atom. The fraction of sp³-hybridized carbons (Fsp3) is 0.688. The number of halogens is 2. The van der Waals surface area contributed by atoms with Crippen molar-refractivity contribution < 1.29 is 33.4 Å². The molecule has 0 radical (unpaired) electrons. The lowest BCUT2D eigenvalue weighted by atomic mass is 9.75. The Kier molecular flexibility index (Phi) is 11.6. The van der Waals surface area contributed by atoms with Crippen molar-refractivity contribution in [3.05, 3.63) is 30.6 Å². The number of carbonyl (C=O) groups excluding carboxylic acids is 4. The van der Waals surface area contributed by atoms with E-state index in [1.54, 1.807) is 16.7 Å². The number of fused-ring (bicyclic) bond motifs is 1. The molecule has 2 aliphatic heterocycles. The number of esters is 1. The number of amides is 2. The van der Waals surface area contributed by atoms with Crippen molar-refractivity contribution in [1.29, 1.82) is 0 Å². The molecule has 0 saturated carbocycles. The summed E-state index contributed by atoms with van der Waals surface area (Å²) in [7, 11) is 0. The maximum atomic E-state index is 12.7. The van der Waals surface area contributed by atoms with Gasteiger partial charge >= 0.3 is 18.2 Å². The molecular formula is C32H44Cl2N4O7S2. The Morgan fingerprint density at radius 1 is 0.872 bits per heavy atom. The number of hydrogen-bond donors (Lipinski definition) is 0. The zero-order chi connectivity index (χ0) is 34.8. The lowest BCUT2D eigenvalue weighted by Gasteiger charge is -2.39. The summed E-state index contributed by atoms with van der Waals surface area (Å²) >= 11 is 14.4. The van der Waals surface area contributed by atoms with E-state index in [0.717, 1.165) is 11.4 Å². The van der Waals surface area contributed by atoms with Crippen molar-refractivity contribution in [3.63, 3.8) is 0 Å². The third-order valence-electron chi connectivity index (χ3n) is 8.36. The Bertz CT molecular complexity index is 1460. The van der Waals surface area contributed by atoms with Gasteiger partial charge in [0.15, 0.2) is 14.7 Å². The number of piperidine rings is 2. The summed E-state index contributed by atoms with van der Waals surface area (Å²) in [5, 5.41) is 1.86. The van der Waals surface area contributed by atoms with Crippen LogP contribution in [0.15, 0.2) is 5.38 Å². The van der Waals surface area contributed by atoms with Crippen molar-refractivity contribution >= 4 is 69.8 Å². The maximum absolute atomic E-state index is 12.7. The van der Waals surface area contributed by atoms with E-state index in [1.165, 1.54) is 22.7 Å². The van der Waals surface area contributed by atoms with E-state index in [9.17, 15) is 19.2 Å². The van der Waals surface area contributed by atoms with Crippen LogP contribution in [-0.2, 0) is 31.8 Å². The second kappa shape index (κ2) is 14.6. The number of rotatable bonds is 4. The molecule has 11 nitrogen and oxygen atoms in total. The number of nitrogens with zero attached hydrogens (tertiary/aromatic N) is 4. The Morgan fingerprint density at radius 2 is 1.40 bits per heavy atom. The van der Waals surface area contributed by atoms with E-state index in [1.807, 2.05) is 46.9 Å². The van der Waals surface area contributed by atoms with Crippen LogP contribution in [0.5, 0.6) is 0 Å². The second-order valence-electron chi connectivity index (χ2n) is 14.2. The van der Waals surface area contributed by atoms with E-state index in [4.69, 9.17) is 37.4 Å². The summed E-state index contributed by atoms with van der Waals surface area (Å²) in [6.07, 6.45) is 2.81. The first kappa shape index (κ1) is 37.3. The van der Waals surface area contributed by atoms with Crippen molar-refractivity contribution in [2.24, 2.45) is 10.8 Å². The van der Waals surface area contributed by atoms with Gasteiger partial charge in [0.25, 0.3) is 0 Å². The molecule has 47 heavy (non-hydrogen) atoms. The SMILES string of the molecule is CC(C)(C)OC(=O)N1CCC2(CC1)Cc1nc(Cl)sc1C2=O.CCOC(=O)C1(Cc2csc(Cl)n2)CCN(C(=O)OC(C)(C)C)CC1. The maximum Gasteiger partial charge on any atom is 0.410 e. The normalized spacial score (nSPS) is 18.7. The lowest BCUT2D eigenvalue weighted by molar-refractivity contribution is -0.158. The van der Waals surface area contributed by atoms with Crippen molar-refractivity contribution in [1.82, 2.24) is 19.8 Å². The number of likely N-dealkylation sites (tertiary alicyclic amines) is 2. The molecule has 260 valence electrons. The Hall–Kier alpha value is -2.48. The van der Waals surface area contributed by atoms with Crippen LogP contribution >= 0.6 is 45.9 Å². The highest BCUT2D eigenvalue weighted by Crippen LogP contribution is 2.47. The van der Waals surface area contributed by atoms with Crippen molar-refractivity contribution in [2.75, 3.05) is 32.8 Å². The smallest absolute Gasteiger partial charge is 0.410 e. The number of Topliss-reactive ketones (excluding diaryl/α,β-unsaturated/α-hetero) is 1. The highest BCUT2D eigenvalue weighted by Gasteiger charge is 2.50. The molecule has 0 aromatic carbocycles. The minimum Gasteiger partial charge on any atom is -0.466 e. The zero-order valence-corrected chi connectivity index (χ0v) is 31.2. The molecule has 15 heteroatoms. The summed E-state index contributed by atoms with van der Waals surface area (Å²) in [6.45, 7) is 15.2. The van der Waals surface area contributed by atoms with Crippen molar-refractivity contribution in [2.45, 2.75) is 98.2 Å². The highest BCUT2D eigenvalue weighted by molar-refractivity contribution is 7.17. The fourth-order valence-electron chi connectivity index (χ4n) is 6.00. The summed E-state index contributed by atoms with van der Waals surface area (Å²) in [5.41, 5.74) is -0.493. The van der Waals surface area contributed by atoms with Gasteiger partial charge in [0, 0.05) is 49.8 Å². The summed E-state index contributed by atoms with van der Waals surface area (Å²) < 4.78 is 17.0. The first-order valence-corrected chi connectivity index (χ1v) is 18.2. The number of aromatic nitrogens is 2. The average molecular weight is 732 g/mol. The van der Waals surface area contributed by atoms with Crippen LogP contribution in [0.1, 0.15) is 95.2 Å². The predicted octanol–water partition coefficient (Wildman–Crippen LogP) is 7.47. The Labute approximate surface area is 294 Å². The molecule has 2 saturated heterocycles. The average Bonchev–Trinajstić information content (AvgIpc) is 3.61. The van der Waals surface area contributed by atoms with Gasteiger partial charge in [-0.1, -0.05) is 34.5 Å². The molecule has 0 atom stereocenters. The monoisotopic (exact) mass is 730 g/mol. The molecule has 2 aromatic rings. The number of thiazole rings is 2. The summed E-state index contributed by atoms with van der Waals surface area (Å²) in [5.74, 6) is -0.0845. The van der Waals surface area contributed by atoms with Crippen LogP contribution < -0.4 is 0 Å². The van der Waals surface area contributed by atoms with E-state index >= 15 is 0 Å². The standard InChI is InChI=1S/C17H25ClN2O4S.C15H19ClN2O3S/c1-5-23-13(21)17(10-12-11-25-14(18)19-12)6-8-20(9-7-17)15(22)24-16(2,3)4;1-14(2,3)21-13(20)18-6-4-15(5-7-18)8-9-10(11(15)19)22-12(16)17-9/h11H,5-10H2,1-4H3;4-8H2,1-3H3. The molecule has 4 heterocycles. The quantitative estimate of drug-likeness (QED) is 0.232. The van der Waals surface area contributed by atoms with Gasteiger partial charge in [-0.05, 0) is 74.1 Å². The highest BCUT2D eigenvalue weighted by atomic mass is 35.5. The molecule has 2 amide bonds. The fourth-order valence-corrected chi connectivity index (χ4v) is 7.98. The molecule has 0 bridgehead atoms. The first-order valence-electron chi connectivity index (χ1n) is 15.8. The number of ketones is 1. The van der Waals surface area contributed by atoms with Gasteiger partial charge in [0.1, 0.15) is 11.2 Å². The van der Waals surface area contributed by atoms with Gasteiger partial charge in [0.2, 0.25) is 0 Å². The largest absolute Gasteiger partial charge is 0.466 e. The summed E-state index contributed by atoms with van der Waals surface area (Å²) in [6, 6.07) is 0. The van der Waals surface area contributed by atoms with Gasteiger partial charge < -0.3 is 24.0 Å². The molecule has 1 spiro atoms. The first-order chi connectivity index (χ1) is 21.9. The number of carbonyl (C=O) groups is 4. The molecule has 3 aliphatic rings. The molecule has 1 aliphatic carbocycles. The van der Waals surface area contributed by atoms with Gasteiger partial charge in [-0.15, -0.1) is 11.3 Å². The van der Waals surface area contributed by atoms with Crippen LogP contribution in [0, 0.1) is 10.8 Å². The van der Waals surface area contributed by atoms with Crippen LogP contribution in [-0.4, -0.2) is 87.7 Å². The van der Waals surface area contributed by atoms with E-state index < -0.39 is 22.0 Å². The van der Waals surface area contributed by atoms with E-state index in [0.29, 0.717) is 85.1 Å².